The number of rotatable bonds is 5. The predicted molar refractivity (Wildman–Crippen MR) is 87.3 cm³/mol. The normalized spacial score (nSPS) is 13.2. The molecule has 2 aromatic carbocycles. The van der Waals surface area contributed by atoms with E-state index < -0.39 is 0 Å². The van der Waals surface area contributed by atoms with Gasteiger partial charge in [-0.05, 0) is 24.1 Å². The Labute approximate surface area is 127 Å². The maximum Gasteiger partial charge on any atom is 0.0453 e. The van der Waals surface area contributed by atoms with Crippen LogP contribution in [0.4, 0.5) is 0 Å². The molecule has 1 N–H and O–H groups in total. The third kappa shape index (κ3) is 3.62. The van der Waals surface area contributed by atoms with Crippen LogP contribution in [0.25, 0.3) is 0 Å². The Kier molecular flexibility index (Phi) is 4.85. The van der Waals surface area contributed by atoms with Crippen LogP contribution in [-0.4, -0.2) is 6.54 Å². The first-order chi connectivity index (χ1) is 9.50. The predicted octanol–water partition coefficient (Wildman–Crippen LogP) is 4.97. The highest BCUT2D eigenvalue weighted by molar-refractivity contribution is 6.31. The quantitative estimate of drug-likeness (QED) is 0.819. The van der Waals surface area contributed by atoms with Gasteiger partial charge in [0, 0.05) is 23.0 Å². The Bertz CT molecular complexity index is 548. The van der Waals surface area contributed by atoms with Gasteiger partial charge in [-0.3, -0.25) is 0 Å². The van der Waals surface area contributed by atoms with E-state index in [1.165, 1.54) is 5.56 Å². The zero-order chi connectivity index (χ0) is 14.6. The van der Waals surface area contributed by atoms with Gasteiger partial charge in [-0.25, -0.2) is 0 Å². The highest BCUT2D eigenvalue weighted by Crippen LogP contribution is 2.25. The molecule has 1 unspecified atom stereocenters. The van der Waals surface area contributed by atoms with Crippen LogP contribution in [0.2, 0.25) is 5.02 Å². The summed E-state index contributed by atoms with van der Waals surface area (Å²) >= 11 is 6.25. The molecule has 0 saturated carbocycles. The van der Waals surface area contributed by atoms with Crippen molar-refractivity contribution in [3.8, 4) is 0 Å². The molecule has 0 aliphatic rings. The van der Waals surface area contributed by atoms with Crippen LogP contribution in [0.15, 0.2) is 54.6 Å². The fraction of sp³-hybridized carbons (Fsp3) is 0.333. The first kappa shape index (κ1) is 15.1. The van der Waals surface area contributed by atoms with Gasteiger partial charge in [0.1, 0.15) is 0 Å². The van der Waals surface area contributed by atoms with Crippen LogP contribution in [0.1, 0.15) is 37.9 Å². The zero-order valence-electron chi connectivity index (χ0n) is 12.4. The Morgan fingerprint density at radius 1 is 1.00 bits per heavy atom. The Morgan fingerprint density at radius 2 is 1.60 bits per heavy atom. The van der Waals surface area contributed by atoms with Crippen molar-refractivity contribution in [3.05, 3.63) is 70.7 Å². The molecule has 2 aromatic rings. The monoisotopic (exact) mass is 287 g/mol. The Morgan fingerprint density at radius 3 is 2.25 bits per heavy atom. The van der Waals surface area contributed by atoms with Crippen molar-refractivity contribution in [2.75, 3.05) is 6.54 Å². The molecule has 0 saturated heterocycles. The van der Waals surface area contributed by atoms with E-state index in [9.17, 15) is 0 Å². The molecule has 0 spiro atoms. The number of benzene rings is 2. The lowest BCUT2D eigenvalue weighted by Gasteiger charge is -2.28. The van der Waals surface area contributed by atoms with Crippen molar-refractivity contribution >= 4 is 11.6 Å². The lowest BCUT2D eigenvalue weighted by molar-refractivity contribution is 0.435. The first-order valence-electron chi connectivity index (χ1n) is 7.04. The van der Waals surface area contributed by atoms with Gasteiger partial charge in [0.15, 0.2) is 0 Å². The van der Waals surface area contributed by atoms with Crippen LogP contribution in [0, 0.1) is 0 Å². The molecular weight excluding hydrogens is 266 g/mol. The second-order valence-electron chi connectivity index (χ2n) is 5.87. The van der Waals surface area contributed by atoms with Gasteiger partial charge in [-0.15, -0.1) is 0 Å². The van der Waals surface area contributed by atoms with E-state index in [1.807, 2.05) is 18.2 Å². The zero-order valence-corrected chi connectivity index (χ0v) is 13.1. The molecule has 20 heavy (non-hydrogen) atoms. The van der Waals surface area contributed by atoms with Gasteiger partial charge in [0.05, 0.1) is 0 Å². The maximum atomic E-state index is 6.25. The second kappa shape index (κ2) is 6.43. The number of nitrogens with one attached hydrogen (secondary N) is 1. The lowest BCUT2D eigenvalue weighted by atomic mass is 9.84. The molecule has 1 atom stereocenters. The molecule has 0 aliphatic carbocycles. The van der Waals surface area contributed by atoms with Crippen molar-refractivity contribution in [3.63, 3.8) is 0 Å². The number of hydrogen-bond acceptors (Lipinski definition) is 1. The summed E-state index contributed by atoms with van der Waals surface area (Å²) in [6.45, 7) is 7.58. The summed E-state index contributed by atoms with van der Waals surface area (Å²) in [6.07, 6.45) is 0. The van der Waals surface area contributed by atoms with Crippen molar-refractivity contribution in [1.82, 2.24) is 5.32 Å². The van der Waals surface area contributed by atoms with E-state index in [4.69, 9.17) is 11.6 Å². The largest absolute Gasteiger partial charge is 0.309 e. The summed E-state index contributed by atoms with van der Waals surface area (Å²) in [5.41, 5.74) is 2.59. The smallest absolute Gasteiger partial charge is 0.0453 e. The topological polar surface area (TPSA) is 12.0 Å². The van der Waals surface area contributed by atoms with Crippen LogP contribution < -0.4 is 5.32 Å². The standard InChI is InChI=1S/C18H22ClN/c1-14(16-11-7-8-12-17(16)19)20-13-18(2,3)15-9-5-4-6-10-15/h4-12,14,20H,13H2,1-3H3. The SMILES string of the molecule is CC(NCC(C)(C)c1ccccc1)c1ccccc1Cl. The van der Waals surface area contributed by atoms with Gasteiger partial charge < -0.3 is 5.32 Å². The van der Waals surface area contributed by atoms with Gasteiger partial charge in [-0.1, -0.05) is 74.0 Å². The first-order valence-corrected chi connectivity index (χ1v) is 7.42. The number of halogens is 1. The van der Waals surface area contributed by atoms with Crippen LogP contribution in [0.3, 0.4) is 0 Å². The van der Waals surface area contributed by atoms with Gasteiger partial charge >= 0.3 is 0 Å². The third-order valence-electron chi connectivity index (χ3n) is 3.78. The minimum absolute atomic E-state index is 0.0940. The van der Waals surface area contributed by atoms with Crippen molar-refractivity contribution in [1.29, 1.82) is 0 Å². The van der Waals surface area contributed by atoms with E-state index in [-0.39, 0.29) is 11.5 Å². The summed E-state index contributed by atoms with van der Waals surface area (Å²) in [5, 5.41) is 4.42. The highest BCUT2D eigenvalue weighted by Gasteiger charge is 2.21. The lowest BCUT2D eigenvalue weighted by Crippen LogP contribution is -2.34. The van der Waals surface area contributed by atoms with Gasteiger partial charge in [0.2, 0.25) is 0 Å². The summed E-state index contributed by atoms with van der Waals surface area (Å²) < 4.78 is 0. The molecule has 0 heterocycles. The molecule has 1 nitrogen and oxygen atoms in total. The summed E-state index contributed by atoms with van der Waals surface area (Å²) in [6, 6.07) is 18.9. The Balaban J connectivity index is 2.03. The van der Waals surface area contributed by atoms with Crippen molar-refractivity contribution in [2.24, 2.45) is 0 Å². The van der Waals surface area contributed by atoms with E-state index in [2.05, 4.69) is 62.5 Å². The van der Waals surface area contributed by atoms with E-state index in [0.717, 1.165) is 17.1 Å². The number of hydrogen-bond donors (Lipinski definition) is 1. The van der Waals surface area contributed by atoms with E-state index in [1.54, 1.807) is 0 Å². The summed E-state index contributed by atoms with van der Waals surface area (Å²) in [5.74, 6) is 0. The molecule has 0 amide bonds. The van der Waals surface area contributed by atoms with Crippen molar-refractivity contribution in [2.45, 2.75) is 32.2 Å². The summed E-state index contributed by atoms with van der Waals surface area (Å²) in [4.78, 5) is 0. The highest BCUT2D eigenvalue weighted by atomic mass is 35.5. The molecule has 106 valence electrons. The molecular formula is C18H22ClN. The average molecular weight is 288 g/mol. The molecule has 0 fully saturated rings. The fourth-order valence-corrected chi connectivity index (χ4v) is 2.64. The van der Waals surface area contributed by atoms with Crippen LogP contribution in [0.5, 0.6) is 0 Å². The fourth-order valence-electron chi connectivity index (χ4n) is 2.34. The van der Waals surface area contributed by atoms with E-state index >= 15 is 0 Å². The Hall–Kier alpha value is -1.31. The molecule has 2 heteroatoms. The molecule has 0 aromatic heterocycles. The average Bonchev–Trinajstić information content (AvgIpc) is 2.46. The molecule has 0 aliphatic heterocycles. The van der Waals surface area contributed by atoms with Gasteiger partial charge in [-0.2, -0.15) is 0 Å². The maximum absolute atomic E-state index is 6.25. The minimum Gasteiger partial charge on any atom is -0.309 e. The molecule has 2 rings (SSSR count). The molecule has 0 bridgehead atoms. The van der Waals surface area contributed by atoms with E-state index in [0.29, 0.717) is 0 Å². The summed E-state index contributed by atoms with van der Waals surface area (Å²) in [7, 11) is 0. The molecule has 0 radical (unpaired) electrons. The second-order valence-corrected chi connectivity index (χ2v) is 6.28. The third-order valence-corrected chi connectivity index (χ3v) is 4.12. The minimum atomic E-state index is 0.0940. The van der Waals surface area contributed by atoms with Crippen LogP contribution >= 0.6 is 11.6 Å². The van der Waals surface area contributed by atoms with Crippen LogP contribution in [-0.2, 0) is 5.41 Å². The van der Waals surface area contributed by atoms with Crippen molar-refractivity contribution < 1.29 is 0 Å². The van der Waals surface area contributed by atoms with Gasteiger partial charge in [0.25, 0.3) is 0 Å².